The van der Waals surface area contributed by atoms with E-state index in [4.69, 9.17) is 5.73 Å². The molecule has 1 rings (SSSR count). The molecule has 0 fully saturated rings. The van der Waals surface area contributed by atoms with Crippen LogP contribution in [-0.2, 0) is 4.79 Å². The fourth-order valence-corrected chi connectivity index (χ4v) is 1.81. The minimum atomic E-state index is -3.10. The highest BCUT2D eigenvalue weighted by Crippen LogP contribution is 2.09. The molecule has 0 bridgehead atoms. The molecular weight excluding hydrogens is 276 g/mol. The Morgan fingerprint density at radius 3 is 2.68 bits per heavy atom. The van der Waals surface area contributed by atoms with Crippen LogP contribution in [0.5, 0.6) is 0 Å². The third-order valence-electron chi connectivity index (χ3n) is 2.23. The van der Waals surface area contributed by atoms with Crippen molar-refractivity contribution in [2.24, 2.45) is 5.73 Å². The zero-order chi connectivity index (χ0) is 14.3. The Morgan fingerprint density at radius 2 is 2.11 bits per heavy atom. The number of rotatable bonds is 7. The van der Waals surface area contributed by atoms with Crippen LogP contribution in [-0.4, -0.2) is 37.4 Å². The average molecular weight is 291 g/mol. The van der Waals surface area contributed by atoms with E-state index >= 15 is 0 Å². The number of carbonyl (C=O) groups excluding carboxylic acids is 2. The standard InChI is InChI=1S/C11H15F2N3O2S/c12-11(13,6-14)7-16-9(17)3-4-15-10(18)8-2-1-5-19-8/h1-2,5H,3-4,6-7,14H2,(H,15,18)(H,16,17). The number of thiophene rings is 1. The quantitative estimate of drug-likeness (QED) is 0.687. The zero-order valence-corrected chi connectivity index (χ0v) is 10.9. The van der Waals surface area contributed by atoms with Crippen molar-refractivity contribution in [2.75, 3.05) is 19.6 Å². The summed E-state index contributed by atoms with van der Waals surface area (Å²) in [6.07, 6.45) is -0.0578. The highest BCUT2D eigenvalue weighted by Gasteiger charge is 2.26. The van der Waals surface area contributed by atoms with E-state index in [1.165, 1.54) is 11.3 Å². The van der Waals surface area contributed by atoms with Crippen molar-refractivity contribution < 1.29 is 18.4 Å². The van der Waals surface area contributed by atoms with Crippen molar-refractivity contribution in [1.82, 2.24) is 10.6 Å². The summed E-state index contributed by atoms with van der Waals surface area (Å²) in [6.45, 7) is -1.51. The molecular formula is C11H15F2N3O2S. The maximum atomic E-state index is 12.7. The van der Waals surface area contributed by atoms with Gasteiger partial charge in [0.25, 0.3) is 11.8 Å². The Kier molecular flexibility index (Phi) is 5.84. The second kappa shape index (κ2) is 7.15. The molecule has 8 heteroatoms. The number of hydrogen-bond donors (Lipinski definition) is 3. The fraction of sp³-hybridized carbons (Fsp3) is 0.455. The number of halogens is 2. The van der Waals surface area contributed by atoms with Gasteiger partial charge < -0.3 is 16.4 Å². The summed E-state index contributed by atoms with van der Waals surface area (Å²) in [5, 5.41) is 6.35. The summed E-state index contributed by atoms with van der Waals surface area (Å²) < 4.78 is 25.5. The van der Waals surface area contributed by atoms with Crippen LogP contribution in [0.4, 0.5) is 8.78 Å². The highest BCUT2D eigenvalue weighted by atomic mass is 32.1. The predicted octanol–water partition coefficient (Wildman–Crippen LogP) is 0.578. The Balaban J connectivity index is 2.19. The second-order valence-electron chi connectivity index (χ2n) is 3.82. The third kappa shape index (κ3) is 5.75. The van der Waals surface area contributed by atoms with Gasteiger partial charge in [0, 0.05) is 13.0 Å². The van der Waals surface area contributed by atoms with E-state index in [2.05, 4.69) is 10.6 Å². The molecule has 2 amide bonds. The number of carbonyl (C=O) groups is 2. The molecule has 0 saturated carbocycles. The van der Waals surface area contributed by atoms with Gasteiger partial charge in [-0.05, 0) is 11.4 Å². The van der Waals surface area contributed by atoms with Crippen molar-refractivity contribution >= 4 is 23.2 Å². The van der Waals surface area contributed by atoms with Gasteiger partial charge in [0.15, 0.2) is 0 Å². The minimum Gasteiger partial charge on any atom is -0.351 e. The maximum absolute atomic E-state index is 12.7. The Morgan fingerprint density at radius 1 is 1.37 bits per heavy atom. The Bertz CT molecular complexity index is 424. The molecule has 0 aromatic carbocycles. The van der Waals surface area contributed by atoms with Gasteiger partial charge in [0.05, 0.1) is 18.0 Å². The van der Waals surface area contributed by atoms with Gasteiger partial charge in [0.1, 0.15) is 0 Å². The van der Waals surface area contributed by atoms with Crippen molar-refractivity contribution in [1.29, 1.82) is 0 Å². The molecule has 0 unspecified atom stereocenters. The lowest BCUT2D eigenvalue weighted by atomic mass is 10.3. The summed E-state index contributed by atoms with van der Waals surface area (Å²) in [4.78, 5) is 23.3. The third-order valence-corrected chi connectivity index (χ3v) is 3.09. The zero-order valence-electron chi connectivity index (χ0n) is 10.1. The first-order valence-corrected chi connectivity index (χ1v) is 6.49. The van der Waals surface area contributed by atoms with E-state index in [0.29, 0.717) is 4.88 Å². The summed E-state index contributed by atoms with van der Waals surface area (Å²) in [7, 11) is 0. The summed E-state index contributed by atoms with van der Waals surface area (Å²) in [5.74, 6) is -3.94. The van der Waals surface area contributed by atoms with E-state index in [0.717, 1.165) is 0 Å². The first kappa shape index (κ1) is 15.5. The normalized spacial score (nSPS) is 11.1. The van der Waals surface area contributed by atoms with Gasteiger partial charge in [-0.25, -0.2) is 8.78 Å². The van der Waals surface area contributed by atoms with Gasteiger partial charge >= 0.3 is 0 Å². The minimum absolute atomic E-state index is 0.0578. The molecule has 1 aromatic heterocycles. The van der Waals surface area contributed by atoms with E-state index in [9.17, 15) is 18.4 Å². The van der Waals surface area contributed by atoms with Crippen molar-refractivity contribution in [3.8, 4) is 0 Å². The molecule has 0 radical (unpaired) electrons. The van der Waals surface area contributed by atoms with E-state index in [1.807, 2.05) is 0 Å². The molecule has 0 saturated heterocycles. The van der Waals surface area contributed by atoms with Crippen LogP contribution in [0, 0.1) is 0 Å². The molecule has 1 aromatic rings. The monoisotopic (exact) mass is 291 g/mol. The van der Waals surface area contributed by atoms with Crippen LogP contribution in [0.3, 0.4) is 0 Å². The van der Waals surface area contributed by atoms with Crippen LogP contribution >= 0.6 is 11.3 Å². The van der Waals surface area contributed by atoms with Gasteiger partial charge in [-0.15, -0.1) is 11.3 Å². The smallest absolute Gasteiger partial charge is 0.277 e. The van der Waals surface area contributed by atoms with E-state index in [-0.39, 0.29) is 18.9 Å². The highest BCUT2D eigenvalue weighted by molar-refractivity contribution is 7.12. The van der Waals surface area contributed by atoms with Gasteiger partial charge in [-0.3, -0.25) is 9.59 Å². The molecule has 4 N–H and O–H groups in total. The molecule has 5 nitrogen and oxygen atoms in total. The molecule has 0 aliphatic heterocycles. The fourth-order valence-electron chi connectivity index (χ4n) is 1.17. The lowest BCUT2D eigenvalue weighted by Gasteiger charge is -2.14. The molecule has 1 heterocycles. The van der Waals surface area contributed by atoms with Crippen molar-refractivity contribution in [2.45, 2.75) is 12.3 Å². The number of amides is 2. The van der Waals surface area contributed by atoms with Crippen LogP contribution in [0.1, 0.15) is 16.1 Å². The number of nitrogens with two attached hydrogens (primary N) is 1. The van der Waals surface area contributed by atoms with Crippen LogP contribution in [0.25, 0.3) is 0 Å². The Labute approximate surface area is 113 Å². The Hall–Kier alpha value is -1.54. The van der Waals surface area contributed by atoms with Gasteiger partial charge in [-0.2, -0.15) is 0 Å². The van der Waals surface area contributed by atoms with Crippen molar-refractivity contribution in [3.63, 3.8) is 0 Å². The maximum Gasteiger partial charge on any atom is 0.277 e. The number of alkyl halides is 2. The summed E-state index contributed by atoms with van der Waals surface area (Å²) in [6, 6.07) is 3.39. The first-order chi connectivity index (χ1) is 8.94. The van der Waals surface area contributed by atoms with Crippen molar-refractivity contribution in [3.05, 3.63) is 22.4 Å². The number of nitrogens with one attached hydrogen (secondary N) is 2. The van der Waals surface area contributed by atoms with Gasteiger partial charge in [0.2, 0.25) is 5.91 Å². The molecule has 19 heavy (non-hydrogen) atoms. The second-order valence-corrected chi connectivity index (χ2v) is 4.77. The SMILES string of the molecule is NCC(F)(F)CNC(=O)CCNC(=O)c1cccs1. The molecule has 0 aliphatic carbocycles. The molecule has 0 spiro atoms. The molecule has 0 atom stereocenters. The predicted molar refractivity (Wildman–Crippen MR) is 68.3 cm³/mol. The first-order valence-electron chi connectivity index (χ1n) is 5.61. The largest absolute Gasteiger partial charge is 0.351 e. The lowest BCUT2D eigenvalue weighted by molar-refractivity contribution is -0.122. The van der Waals surface area contributed by atoms with Gasteiger partial charge in [-0.1, -0.05) is 6.07 Å². The van der Waals surface area contributed by atoms with Crippen LogP contribution in [0.15, 0.2) is 17.5 Å². The molecule has 0 aliphatic rings. The lowest BCUT2D eigenvalue weighted by Crippen LogP contribution is -2.42. The van der Waals surface area contributed by atoms with E-state index in [1.54, 1.807) is 17.5 Å². The van der Waals surface area contributed by atoms with Crippen LogP contribution in [0.2, 0.25) is 0 Å². The average Bonchev–Trinajstić information content (AvgIpc) is 2.90. The van der Waals surface area contributed by atoms with E-state index < -0.39 is 24.9 Å². The van der Waals surface area contributed by atoms with Crippen LogP contribution < -0.4 is 16.4 Å². The summed E-state index contributed by atoms with van der Waals surface area (Å²) >= 11 is 1.28. The number of hydrogen-bond acceptors (Lipinski definition) is 4. The molecule has 106 valence electrons. The topological polar surface area (TPSA) is 84.2 Å². The summed E-state index contributed by atoms with van der Waals surface area (Å²) in [5.41, 5.74) is 4.83.